The van der Waals surface area contributed by atoms with E-state index in [1.165, 1.54) is 0 Å². The molecule has 11 heavy (non-hydrogen) atoms. The van der Waals surface area contributed by atoms with Crippen molar-refractivity contribution in [2.75, 3.05) is 6.54 Å². The van der Waals surface area contributed by atoms with Gasteiger partial charge in [-0.25, -0.2) is 0 Å². The molecule has 1 aliphatic rings. The van der Waals surface area contributed by atoms with Gasteiger partial charge in [0.2, 0.25) is 0 Å². The van der Waals surface area contributed by atoms with Crippen LogP contribution in [0.15, 0.2) is 36.7 Å². The predicted molar refractivity (Wildman–Crippen MR) is 48.0 cm³/mol. The largest absolute Gasteiger partial charge is 0.381 e. The molecule has 1 rings (SSSR count). The van der Waals surface area contributed by atoms with E-state index in [4.69, 9.17) is 0 Å². The molecule has 1 atom stereocenters. The maximum atomic E-state index is 3.71. The maximum Gasteiger partial charge on any atom is 0.0572 e. The molecule has 0 aromatic rings. The van der Waals surface area contributed by atoms with Gasteiger partial charge in [0.15, 0.2) is 0 Å². The zero-order valence-corrected chi connectivity index (χ0v) is 6.85. The Morgan fingerprint density at radius 1 is 1.36 bits per heavy atom. The molecule has 1 unspecified atom stereocenters. The predicted octanol–water partition coefficient (Wildman–Crippen LogP) is 1.15. The Morgan fingerprint density at radius 2 is 2.00 bits per heavy atom. The van der Waals surface area contributed by atoms with Crippen LogP contribution in [-0.2, 0) is 0 Å². The molecular formula is C9H14N2. The van der Waals surface area contributed by atoms with E-state index in [1.54, 1.807) is 12.2 Å². The average Bonchev–Trinajstić information content (AvgIpc) is 2.04. The first-order valence-corrected chi connectivity index (χ1v) is 3.77. The van der Waals surface area contributed by atoms with Crippen molar-refractivity contribution in [1.82, 2.24) is 10.6 Å². The molecule has 2 heteroatoms. The molecule has 0 aromatic carbocycles. The van der Waals surface area contributed by atoms with Crippen molar-refractivity contribution in [3.05, 3.63) is 36.7 Å². The van der Waals surface area contributed by atoms with Gasteiger partial charge in [0, 0.05) is 12.6 Å². The number of nitrogens with one attached hydrogen (secondary N) is 2. The zero-order chi connectivity index (χ0) is 8.27. The van der Waals surface area contributed by atoms with Gasteiger partial charge >= 0.3 is 0 Å². The van der Waals surface area contributed by atoms with Crippen molar-refractivity contribution in [2.45, 2.75) is 13.0 Å². The summed E-state index contributed by atoms with van der Waals surface area (Å²) in [7, 11) is 0. The summed E-state index contributed by atoms with van der Waals surface area (Å²) in [6.45, 7) is 10.5. The van der Waals surface area contributed by atoms with E-state index in [1.807, 2.05) is 0 Å². The summed E-state index contributed by atoms with van der Waals surface area (Å²) in [5.41, 5.74) is 2.08. The molecule has 0 aromatic heterocycles. The number of hydrogen-bond acceptors (Lipinski definition) is 2. The fourth-order valence-corrected chi connectivity index (χ4v) is 1.10. The molecule has 1 heterocycles. The Kier molecular flexibility index (Phi) is 2.36. The highest BCUT2D eigenvalue weighted by atomic mass is 15.1. The molecule has 0 bridgehead atoms. The van der Waals surface area contributed by atoms with Crippen LogP contribution in [0.3, 0.4) is 0 Å². The third kappa shape index (κ3) is 1.64. The minimum Gasteiger partial charge on any atom is -0.381 e. The molecule has 0 fully saturated rings. The second-order valence-electron chi connectivity index (χ2n) is 2.66. The van der Waals surface area contributed by atoms with Crippen LogP contribution in [0.5, 0.6) is 0 Å². The van der Waals surface area contributed by atoms with E-state index in [2.05, 4.69) is 30.7 Å². The van der Waals surface area contributed by atoms with Crippen LogP contribution in [0.4, 0.5) is 0 Å². The standard InChI is InChI=1S/C9H14N2/c1-4-8-9(5-2)11-7(3)6-10-8/h4-5,7,10-11H,1-2,6H2,3H3. The van der Waals surface area contributed by atoms with Crippen molar-refractivity contribution < 1.29 is 0 Å². The summed E-state index contributed by atoms with van der Waals surface area (Å²) in [6.07, 6.45) is 3.61. The van der Waals surface area contributed by atoms with Crippen molar-refractivity contribution >= 4 is 0 Å². The third-order valence-corrected chi connectivity index (χ3v) is 1.70. The lowest BCUT2D eigenvalue weighted by Crippen LogP contribution is -2.41. The summed E-state index contributed by atoms with van der Waals surface area (Å²) in [5, 5.41) is 6.54. The van der Waals surface area contributed by atoms with Crippen LogP contribution in [0, 0.1) is 0 Å². The van der Waals surface area contributed by atoms with Crippen LogP contribution in [-0.4, -0.2) is 12.6 Å². The number of rotatable bonds is 2. The first kappa shape index (κ1) is 7.92. The van der Waals surface area contributed by atoms with Crippen molar-refractivity contribution in [3.8, 4) is 0 Å². The highest BCUT2D eigenvalue weighted by molar-refractivity contribution is 5.31. The lowest BCUT2D eigenvalue weighted by molar-refractivity contribution is 0.547. The fourth-order valence-electron chi connectivity index (χ4n) is 1.10. The van der Waals surface area contributed by atoms with Gasteiger partial charge in [-0.1, -0.05) is 13.2 Å². The van der Waals surface area contributed by atoms with E-state index in [9.17, 15) is 0 Å². The van der Waals surface area contributed by atoms with E-state index in [0.717, 1.165) is 17.9 Å². The molecule has 0 radical (unpaired) electrons. The molecular weight excluding hydrogens is 136 g/mol. The van der Waals surface area contributed by atoms with Gasteiger partial charge in [0.1, 0.15) is 0 Å². The van der Waals surface area contributed by atoms with Gasteiger partial charge in [0.05, 0.1) is 11.4 Å². The number of hydrogen-bond donors (Lipinski definition) is 2. The van der Waals surface area contributed by atoms with E-state index >= 15 is 0 Å². The van der Waals surface area contributed by atoms with Gasteiger partial charge in [-0.05, 0) is 19.1 Å². The maximum absolute atomic E-state index is 3.71. The van der Waals surface area contributed by atoms with E-state index in [0.29, 0.717) is 6.04 Å². The molecule has 1 aliphatic heterocycles. The third-order valence-electron chi connectivity index (χ3n) is 1.70. The molecule has 0 saturated carbocycles. The fraction of sp³-hybridized carbons (Fsp3) is 0.333. The van der Waals surface area contributed by atoms with Gasteiger partial charge < -0.3 is 10.6 Å². The Labute approximate surface area is 67.7 Å². The topological polar surface area (TPSA) is 24.1 Å². The minimum absolute atomic E-state index is 0.465. The summed E-state index contributed by atoms with van der Waals surface area (Å²) < 4.78 is 0. The van der Waals surface area contributed by atoms with E-state index < -0.39 is 0 Å². The molecule has 2 N–H and O–H groups in total. The van der Waals surface area contributed by atoms with Crippen molar-refractivity contribution in [3.63, 3.8) is 0 Å². The Balaban J connectivity index is 2.82. The van der Waals surface area contributed by atoms with Crippen LogP contribution >= 0.6 is 0 Å². The Morgan fingerprint density at radius 3 is 2.55 bits per heavy atom. The molecule has 0 aliphatic carbocycles. The Hall–Kier alpha value is -1.18. The molecule has 60 valence electrons. The minimum atomic E-state index is 0.465. The highest BCUT2D eigenvalue weighted by Crippen LogP contribution is 2.06. The van der Waals surface area contributed by atoms with Gasteiger partial charge in [-0.3, -0.25) is 0 Å². The second kappa shape index (κ2) is 3.28. The highest BCUT2D eigenvalue weighted by Gasteiger charge is 2.10. The monoisotopic (exact) mass is 150 g/mol. The normalized spacial score (nSPS) is 23.5. The number of allylic oxidation sites excluding steroid dienone is 2. The van der Waals surface area contributed by atoms with Crippen LogP contribution in [0.1, 0.15) is 6.92 Å². The van der Waals surface area contributed by atoms with Gasteiger partial charge in [-0.15, -0.1) is 0 Å². The molecule has 0 saturated heterocycles. The lowest BCUT2D eigenvalue weighted by Gasteiger charge is -2.25. The van der Waals surface area contributed by atoms with Crippen molar-refractivity contribution in [2.24, 2.45) is 0 Å². The summed E-state index contributed by atoms with van der Waals surface area (Å²) in [5.74, 6) is 0. The summed E-state index contributed by atoms with van der Waals surface area (Å²) >= 11 is 0. The van der Waals surface area contributed by atoms with Crippen LogP contribution in [0.25, 0.3) is 0 Å². The quantitative estimate of drug-likeness (QED) is 0.617. The van der Waals surface area contributed by atoms with E-state index in [-0.39, 0.29) is 0 Å². The van der Waals surface area contributed by atoms with Crippen molar-refractivity contribution in [1.29, 1.82) is 0 Å². The summed E-state index contributed by atoms with van der Waals surface area (Å²) in [4.78, 5) is 0. The second-order valence-corrected chi connectivity index (χ2v) is 2.66. The molecule has 2 nitrogen and oxygen atoms in total. The lowest BCUT2D eigenvalue weighted by atomic mass is 10.2. The van der Waals surface area contributed by atoms with Crippen LogP contribution < -0.4 is 10.6 Å². The Bertz CT molecular complexity index is 204. The SMILES string of the molecule is C=CC1=C(C=C)NC(C)CN1. The summed E-state index contributed by atoms with van der Waals surface area (Å²) in [6, 6.07) is 0.465. The molecule has 0 spiro atoms. The molecule has 0 amide bonds. The first-order chi connectivity index (χ1) is 5.27. The smallest absolute Gasteiger partial charge is 0.0572 e. The first-order valence-electron chi connectivity index (χ1n) is 3.77. The van der Waals surface area contributed by atoms with Gasteiger partial charge in [0.25, 0.3) is 0 Å². The van der Waals surface area contributed by atoms with Gasteiger partial charge in [-0.2, -0.15) is 0 Å². The van der Waals surface area contributed by atoms with Crippen LogP contribution in [0.2, 0.25) is 0 Å². The zero-order valence-electron chi connectivity index (χ0n) is 6.85. The average molecular weight is 150 g/mol.